The van der Waals surface area contributed by atoms with Crippen molar-refractivity contribution in [1.82, 2.24) is 5.32 Å². The molecule has 0 bridgehead atoms. The molecule has 4 nitrogen and oxygen atoms in total. The predicted molar refractivity (Wildman–Crippen MR) is 98.9 cm³/mol. The van der Waals surface area contributed by atoms with Gasteiger partial charge in [0.2, 0.25) is 0 Å². The number of carbonyl (C=O) groups is 1. The van der Waals surface area contributed by atoms with Gasteiger partial charge in [0.15, 0.2) is 0 Å². The minimum atomic E-state index is -0.324. The molecule has 0 fully saturated rings. The van der Waals surface area contributed by atoms with Crippen molar-refractivity contribution in [3.05, 3.63) is 77.5 Å². The normalized spacial score (nSPS) is 16.2. The summed E-state index contributed by atoms with van der Waals surface area (Å²) in [5.41, 5.74) is 3.61. The zero-order valence-electron chi connectivity index (χ0n) is 14.3. The van der Waals surface area contributed by atoms with Crippen LogP contribution in [0.3, 0.4) is 0 Å². The van der Waals surface area contributed by atoms with Crippen molar-refractivity contribution in [2.45, 2.75) is 25.8 Å². The summed E-state index contributed by atoms with van der Waals surface area (Å²) in [6.07, 6.45) is 3.34. The second-order valence-electron chi connectivity index (χ2n) is 6.24. The second kappa shape index (κ2) is 7.67. The van der Waals surface area contributed by atoms with E-state index in [0.29, 0.717) is 6.54 Å². The number of hydrogen-bond donors (Lipinski definition) is 1. The first-order valence-corrected chi connectivity index (χ1v) is 8.49. The average Bonchev–Trinajstić information content (AvgIpc) is 2.95. The molecule has 4 heteroatoms. The Hall–Kier alpha value is -3.06. The predicted octanol–water partition coefficient (Wildman–Crippen LogP) is 3.20. The van der Waals surface area contributed by atoms with Gasteiger partial charge < -0.3 is 10.2 Å². The van der Waals surface area contributed by atoms with E-state index >= 15 is 0 Å². The second-order valence-corrected chi connectivity index (χ2v) is 6.24. The molecular weight excluding hydrogens is 310 g/mol. The highest BCUT2D eigenvalue weighted by atomic mass is 16.1. The molecular formula is C21H21N3O. The summed E-state index contributed by atoms with van der Waals surface area (Å²) in [6, 6.07) is 20.3. The van der Waals surface area contributed by atoms with Crippen molar-refractivity contribution >= 4 is 11.6 Å². The number of nitriles is 1. The molecule has 0 saturated carbocycles. The van der Waals surface area contributed by atoms with E-state index in [4.69, 9.17) is 0 Å². The summed E-state index contributed by atoms with van der Waals surface area (Å²) < 4.78 is 0. The number of benzene rings is 2. The molecule has 126 valence electrons. The molecule has 0 aliphatic carbocycles. The minimum Gasteiger partial charge on any atom is -0.351 e. The van der Waals surface area contributed by atoms with Crippen molar-refractivity contribution in [1.29, 1.82) is 5.26 Å². The molecule has 1 N–H and O–H groups in total. The van der Waals surface area contributed by atoms with E-state index in [-0.39, 0.29) is 17.5 Å². The number of rotatable bonds is 5. The number of nitrogens with zero attached hydrogens (tertiary/aromatic N) is 2. The molecule has 1 amide bonds. The molecule has 2 aromatic rings. The molecule has 3 rings (SSSR count). The van der Waals surface area contributed by atoms with Gasteiger partial charge in [-0.15, -0.1) is 0 Å². The lowest BCUT2D eigenvalue weighted by atomic mass is 10.1. The van der Waals surface area contributed by atoms with Gasteiger partial charge in [-0.1, -0.05) is 48.5 Å². The minimum absolute atomic E-state index is 0.136. The van der Waals surface area contributed by atoms with Crippen LogP contribution < -0.4 is 10.2 Å². The Kier molecular flexibility index (Phi) is 5.15. The number of carbonyl (C=O) groups excluding carboxylic acids is 1. The Morgan fingerprint density at radius 3 is 2.72 bits per heavy atom. The number of nitrogens with one attached hydrogen (secondary N) is 1. The molecule has 1 unspecified atom stereocenters. The molecule has 1 heterocycles. The van der Waals surface area contributed by atoms with Gasteiger partial charge in [0.05, 0.1) is 0 Å². The highest BCUT2D eigenvalue weighted by Crippen LogP contribution is 2.32. The highest BCUT2D eigenvalue weighted by Gasteiger charge is 2.25. The van der Waals surface area contributed by atoms with E-state index in [2.05, 4.69) is 18.3 Å². The van der Waals surface area contributed by atoms with Crippen LogP contribution in [0, 0.1) is 11.3 Å². The van der Waals surface area contributed by atoms with Crippen molar-refractivity contribution in [2.24, 2.45) is 0 Å². The van der Waals surface area contributed by atoms with Gasteiger partial charge in [-0.05, 0) is 37.0 Å². The lowest BCUT2D eigenvalue weighted by Crippen LogP contribution is -2.30. The van der Waals surface area contributed by atoms with Crippen LogP contribution in [0.15, 0.2) is 66.4 Å². The smallest absolute Gasteiger partial charge is 0.263 e. The van der Waals surface area contributed by atoms with Gasteiger partial charge in [-0.3, -0.25) is 4.79 Å². The van der Waals surface area contributed by atoms with Crippen LogP contribution in [0.5, 0.6) is 0 Å². The Morgan fingerprint density at radius 2 is 1.96 bits per heavy atom. The molecule has 25 heavy (non-hydrogen) atoms. The van der Waals surface area contributed by atoms with Crippen LogP contribution in [0.2, 0.25) is 0 Å². The lowest BCUT2D eigenvalue weighted by molar-refractivity contribution is -0.117. The van der Waals surface area contributed by atoms with Gasteiger partial charge in [-0.25, -0.2) is 0 Å². The molecule has 0 aromatic heterocycles. The summed E-state index contributed by atoms with van der Waals surface area (Å²) in [5.74, 6) is -0.324. The molecule has 2 aromatic carbocycles. The van der Waals surface area contributed by atoms with Crippen LogP contribution in [-0.2, 0) is 17.6 Å². The summed E-state index contributed by atoms with van der Waals surface area (Å²) >= 11 is 0. The fourth-order valence-corrected chi connectivity index (χ4v) is 3.12. The number of amides is 1. The third-order valence-electron chi connectivity index (χ3n) is 4.44. The van der Waals surface area contributed by atoms with Crippen LogP contribution in [0.4, 0.5) is 5.69 Å². The number of hydrogen-bond acceptors (Lipinski definition) is 3. The van der Waals surface area contributed by atoms with E-state index in [1.54, 1.807) is 6.20 Å². The highest BCUT2D eigenvalue weighted by molar-refractivity contribution is 5.97. The Labute approximate surface area is 148 Å². The fraction of sp³-hybridized carbons (Fsp3) is 0.238. The van der Waals surface area contributed by atoms with E-state index in [9.17, 15) is 10.1 Å². The van der Waals surface area contributed by atoms with E-state index in [1.807, 2.05) is 59.5 Å². The van der Waals surface area contributed by atoms with E-state index < -0.39 is 0 Å². The third kappa shape index (κ3) is 3.89. The number of anilines is 1. The molecule has 0 radical (unpaired) electrons. The summed E-state index contributed by atoms with van der Waals surface area (Å²) in [5, 5.41) is 12.2. The topological polar surface area (TPSA) is 56.1 Å². The van der Waals surface area contributed by atoms with Crippen molar-refractivity contribution < 1.29 is 4.79 Å². The number of para-hydroxylation sites is 1. The summed E-state index contributed by atoms with van der Waals surface area (Å²) in [4.78, 5) is 14.4. The van der Waals surface area contributed by atoms with Crippen molar-refractivity contribution in [3.8, 4) is 6.07 Å². The molecule has 1 aliphatic heterocycles. The number of fused-ring (bicyclic) bond motifs is 1. The van der Waals surface area contributed by atoms with Crippen molar-refractivity contribution in [3.63, 3.8) is 0 Å². The van der Waals surface area contributed by atoms with Gasteiger partial charge >= 0.3 is 0 Å². The van der Waals surface area contributed by atoms with E-state index in [1.165, 1.54) is 5.56 Å². The average molecular weight is 331 g/mol. The van der Waals surface area contributed by atoms with Gasteiger partial charge in [0.25, 0.3) is 5.91 Å². The Morgan fingerprint density at radius 1 is 1.24 bits per heavy atom. The maximum Gasteiger partial charge on any atom is 0.263 e. The Balaban J connectivity index is 1.66. The first-order chi connectivity index (χ1) is 12.2. The monoisotopic (exact) mass is 331 g/mol. The molecule has 1 atom stereocenters. The van der Waals surface area contributed by atoms with Crippen LogP contribution in [-0.4, -0.2) is 18.5 Å². The third-order valence-corrected chi connectivity index (χ3v) is 4.44. The summed E-state index contributed by atoms with van der Waals surface area (Å²) in [7, 11) is 0. The maximum atomic E-state index is 12.3. The van der Waals surface area contributed by atoms with Crippen LogP contribution >= 0.6 is 0 Å². The molecule has 1 aliphatic rings. The molecule has 0 saturated heterocycles. The standard InChI is InChI=1S/C21H21N3O/c1-16-13-18-9-5-6-10-20(18)24(16)15-19(14-22)21(25)23-12-11-17-7-3-2-4-8-17/h2-10,15-16H,11-13H2,1H3,(H,23,25)/b19-15-. The van der Waals surface area contributed by atoms with Gasteiger partial charge in [0, 0.05) is 24.5 Å². The quantitative estimate of drug-likeness (QED) is 0.676. The van der Waals surface area contributed by atoms with E-state index in [0.717, 1.165) is 24.1 Å². The SMILES string of the molecule is CC1Cc2ccccc2N1/C=C(/C#N)C(=O)NCCc1ccccc1. The zero-order valence-corrected chi connectivity index (χ0v) is 14.3. The van der Waals surface area contributed by atoms with Crippen LogP contribution in [0.1, 0.15) is 18.1 Å². The fourth-order valence-electron chi connectivity index (χ4n) is 3.12. The maximum absolute atomic E-state index is 12.3. The van der Waals surface area contributed by atoms with Crippen LogP contribution in [0.25, 0.3) is 0 Å². The summed E-state index contributed by atoms with van der Waals surface area (Å²) in [6.45, 7) is 2.60. The first-order valence-electron chi connectivity index (χ1n) is 8.49. The largest absolute Gasteiger partial charge is 0.351 e. The van der Waals surface area contributed by atoms with Crippen molar-refractivity contribution in [2.75, 3.05) is 11.4 Å². The zero-order chi connectivity index (χ0) is 17.6. The van der Waals surface area contributed by atoms with Gasteiger partial charge in [-0.2, -0.15) is 5.26 Å². The lowest BCUT2D eigenvalue weighted by Gasteiger charge is -2.20. The molecule has 0 spiro atoms. The Bertz CT molecular complexity index is 821. The van der Waals surface area contributed by atoms with Gasteiger partial charge in [0.1, 0.15) is 11.6 Å². The first kappa shape index (κ1) is 16.8.